The van der Waals surface area contributed by atoms with Gasteiger partial charge in [-0.15, -0.1) is 14.8 Å². The van der Waals surface area contributed by atoms with Gasteiger partial charge in [0.15, 0.2) is 11.5 Å². The number of nitrogens with zero attached hydrogens (tertiary/aromatic N) is 7. The summed E-state index contributed by atoms with van der Waals surface area (Å²) in [6, 6.07) is 3.86. The van der Waals surface area contributed by atoms with E-state index in [0.717, 1.165) is 51.3 Å². The summed E-state index contributed by atoms with van der Waals surface area (Å²) < 4.78 is 6.96. The van der Waals surface area contributed by atoms with Crippen LogP contribution in [0.2, 0.25) is 0 Å². The summed E-state index contributed by atoms with van der Waals surface area (Å²) in [5.74, 6) is 0.899. The van der Waals surface area contributed by atoms with Gasteiger partial charge in [-0.1, -0.05) is 0 Å². The zero-order valence-corrected chi connectivity index (χ0v) is 15.6. The molecule has 2 aliphatic heterocycles. The van der Waals surface area contributed by atoms with E-state index in [1.165, 1.54) is 4.63 Å². The molecule has 2 fully saturated rings. The predicted molar refractivity (Wildman–Crippen MR) is 94.9 cm³/mol. The minimum atomic E-state index is -0.448. The largest absolute Gasteiger partial charge is 0.444 e. The summed E-state index contributed by atoms with van der Waals surface area (Å²) in [7, 11) is 0. The molecule has 0 aliphatic carbocycles. The molecule has 0 unspecified atom stereocenters. The smallest absolute Gasteiger partial charge is 0.410 e. The maximum absolute atomic E-state index is 12.3. The number of anilines is 1. The zero-order valence-electron chi connectivity index (χ0n) is 15.6. The van der Waals surface area contributed by atoms with E-state index in [1.807, 2.05) is 37.8 Å². The molecular formula is C17H25N7O2. The van der Waals surface area contributed by atoms with Crippen LogP contribution in [0.1, 0.15) is 40.0 Å². The Hall–Kier alpha value is -2.45. The highest BCUT2D eigenvalue weighted by Crippen LogP contribution is 2.41. The van der Waals surface area contributed by atoms with Crippen LogP contribution in [0.3, 0.4) is 0 Å². The maximum Gasteiger partial charge on any atom is 0.410 e. The van der Waals surface area contributed by atoms with Crippen molar-refractivity contribution in [2.75, 3.05) is 31.1 Å². The van der Waals surface area contributed by atoms with Gasteiger partial charge in [-0.2, -0.15) is 0 Å². The van der Waals surface area contributed by atoms with Crippen molar-refractivity contribution < 1.29 is 9.53 Å². The number of hydrogen-bond acceptors (Lipinski definition) is 7. The van der Waals surface area contributed by atoms with Gasteiger partial charge in [0.1, 0.15) is 5.60 Å². The van der Waals surface area contributed by atoms with Gasteiger partial charge < -0.3 is 14.5 Å². The lowest BCUT2D eigenvalue weighted by Gasteiger charge is -2.39. The van der Waals surface area contributed by atoms with Crippen molar-refractivity contribution in [3.63, 3.8) is 0 Å². The predicted octanol–water partition coefficient (Wildman–Crippen LogP) is 1.75. The van der Waals surface area contributed by atoms with Crippen LogP contribution >= 0.6 is 0 Å². The Morgan fingerprint density at radius 3 is 2.62 bits per heavy atom. The lowest BCUT2D eigenvalue weighted by Crippen LogP contribution is -2.46. The molecule has 0 radical (unpaired) electrons. The van der Waals surface area contributed by atoms with E-state index in [4.69, 9.17) is 4.74 Å². The first-order chi connectivity index (χ1) is 12.3. The highest BCUT2D eigenvalue weighted by atomic mass is 16.6. The van der Waals surface area contributed by atoms with Gasteiger partial charge in [0.2, 0.25) is 0 Å². The fourth-order valence-corrected chi connectivity index (χ4v) is 3.84. The van der Waals surface area contributed by atoms with Crippen molar-refractivity contribution >= 4 is 17.6 Å². The normalized spacial score (nSPS) is 20.1. The third-order valence-electron chi connectivity index (χ3n) is 5.29. The van der Waals surface area contributed by atoms with E-state index in [2.05, 4.69) is 25.5 Å². The van der Waals surface area contributed by atoms with Gasteiger partial charge in [-0.05, 0) is 68.0 Å². The van der Waals surface area contributed by atoms with Crippen molar-refractivity contribution in [3.8, 4) is 0 Å². The number of amides is 1. The average molecular weight is 359 g/mol. The molecule has 0 N–H and O–H groups in total. The minimum absolute atomic E-state index is 0.201. The van der Waals surface area contributed by atoms with Crippen LogP contribution in [-0.2, 0) is 4.74 Å². The second-order valence-electron chi connectivity index (χ2n) is 8.36. The number of rotatable bonds is 1. The van der Waals surface area contributed by atoms with Crippen molar-refractivity contribution in [1.29, 1.82) is 0 Å². The lowest BCUT2D eigenvalue weighted by atomic mass is 9.78. The maximum atomic E-state index is 12.3. The van der Waals surface area contributed by atoms with Crippen molar-refractivity contribution in [3.05, 3.63) is 12.1 Å². The van der Waals surface area contributed by atoms with Gasteiger partial charge in [0.25, 0.3) is 0 Å². The molecule has 2 saturated heterocycles. The van der Waals surface area contributed by atoms with Gasteiger partial charge in [0.05, 0.1) is 0 Å². The second kappa shape index (κ2) is 6.07. The highest BCUT2D eigenvalue weighted by Gasteiger charge is 2.42. The molecule has 9 nitrogen and oxygen atoms in total. The zero-order chi connectivity index (χ0) is 18.4. The van der Waals surface area contributed by atoms with E-state index in [-0.39, 0.29) is 11.5 Å². The molecule has 0 atom stereocenters. The van der Waals surface area contributed by atoms with Crippen LogP contribution in [0.15, 0.2) is 12.1 Å². The molecule has 1 spiro atoms. The molecule has 140 valence electrons. The van der Waals surface area contributed by atoms with Gasteiger partial charge in [0, 0.05) is 26.2 Å². The average Bonchev–Trinajstić information content (AvgIpc) is 3.20. The molecule has 4 heterocycles. The van der Waals surface area contributed by atoms with Crippen molar-refractivity contribution in [2.45, 2.75) is 45.6 Å². The molecule has 2 aliphatic rings. The van der Waals surface area contributed by atoms with E-state index in [9.17, 15) is 4.79 Å². The number of ether oxygens (including phenoxy) is 1. The molecule has 2 aromatic heterocycles. The van der Waals surface area contributed by atoms with E-state index in [1.54, 1.807) is 0 Å². The summed E-state index contributed by atoms with van der Waals surface area (Å²) in [6.07, 6.45) is 2.91. The quantitative estimate of drug-likeness (QED) is 0.766. The fourth-order valence-electron chi connectivity index (χ4n) is 3.84. The first-order valence-corrected chi connectivity index (χ1v) is 9.12. The Morgan fingerprint density at radius 2 is 1.88 bits per heavy atom. The summed E-state index contributed by atoms with van der Waals surface area (Å²) in [4.78, 5) is 16.4. The van der Waals surface area contributed by atoms with E-state index >= 15 is 0 Å². The summed E-state index contributed by atoms with van der Waals surface area (Å²) in [6.45, 7) is 9.13. The van der Waals surface area contributed by atoms with E-state index in [0.29, 0.717) is 5.65 Å². The number of fused-ring (bicyclic) bond motifs is 1. The van der Waals surface area contributed by atoms with Crippen LogP contribution < -0.4 is 4.90 Å². The molecule has 1 amide bonds. The molecule has 0 saturated carbocycles. The van der Waals surface area contributed by atoms with Crippen LogP contribution in [0.4, 0.5) is 10.6 Å². The molecule has 9 heteroatoms. The Bertz CT molecular complexity index is 805. The topological polar surface area (TPSA) is 88.8 Å². The third-order valence-corrected chi connectivity index (χ3v) is 5.29. The molecule has 0 bridgehead atoms. The molecular weight excluding hydrogens is 334 g/mol. The number of piperidine rings is 1. The Balaban J connectivity index is 1.38. The van der Waals surface area contributed by atoms with Gasteiger partial charge >= 0.3 is 6.09 Å². The van der Waals surface area contributed by atoms with Gasteiger partial charge in [-0.25, -0.2) is 4.79 Å². The van der Waals surface area contributed by atoms with Crippen LogP contribution in [0.5, 0.6) is 0 Å². The Labute approximate surface area is 152 Å². The number of likely N-dealkylation sites (tertiary alicyclic amines) is 1. The molecule has 26 heavy (non-hydrogen) atoms. The Kier molecular flexibility index (Phi) is 3.96. The first-order valence-electron chi connectivity index (χ1n) is 9.12. The molecule has 0 aromatic carbocycles. The SMILES string of the molecule is CC(C)(C)OC(=O)N1CCC2(CC1)CCN(c1ccc3nnnn3n1)C2. The minimum Gasteiger partial charge on any atom is -0.444 e. The second-order valence-corrected chi connectivity index (χ2v) is 8.36. The Morgan fingerprint density at radius 1 is 1.15 bits per heavy atom. The van der Waals surface area contributed by atoms with Gasteiger partial charge in [-0.3, -0.25) is 0 Å². The van der Waals surface area contributed by atoms with Crippen LogP contribution in [0.25, 0.3) is 5.65 Å². The fraction of sp³-hybridized carbons (Fsp3) is 0.706. The number of hydrogen-bond donors (Lipinski definition) is 0. The van der Waals surface area contributed by atoms with E-state index < -0.39 is 5.60 Å². The number of carbonyl (C=O) groups excluding carboxylic acids is 1. The van der Waals surface area contributed by atoms with Crippen LogP contribution in [0, 0.1) is 5.41 Å². The highest BCUT2D eigenvalue weighted by molar-refractivity contribution is 5.68. The first kappa shape index (κ1) is 17.0. The summed E-state index contributed by atoms with van der Waals surface area (Å²) in [5, 5.41) is 15.9. The molecule has 4 rings (SSSR count). The third kappa shape index (κ3) is 3.30. The van der Waals surface area contributed by atoms with Crippen molar-refractivity contribution in [2.24, 2.45) is 5.41 Å². The number of carbonyl (C=O) groups is 1. The monoisotopic (exact) mass is 359 g/mol. The summed E-state index contributed by atoms with van der Waals surface area (Å²) in [5.41, 5.74) is 0.445. The lowest BCUT2D eigenvalue weighted by molar-refractivity contribution is 0.0122. The summed E-state index contributed by atoms with van der Waals surface area (Å²) >= 11 is 0. The standard InChI is InChI=1S/C17H25N7O2/c1-16(2,3)26-15(25)22-9-6-17(7-10-22)8-11-23(12-17)14-5-4-13-18-20-21-24(13)19-14/h4-5H,6-12H2,1-3H3. The number of tetrazole rings is 1. The molecule has 2 aromatic rings. The van der Waals surface area contributed by atoms with Crippen LogP contribution in [-0.4, -0.2) is 68.0 Å². The number of aromatic nitrogens is 5. The van der Waals surface area contributed by atoms with Crippen molar-refractivity contribution in [1.82, 2.24) is 30.2 Å².